The van der Waals surface area contributed by atoms with Crippen LogP contribution in [0.25, 0.3) is 0 Å². The van der Waals surface area contributed by atoms with Crippen molar-refractivity contribution in [1.29, 1.82) is 0 Å². The van der Waals surface area contributed by atoms with Crippen LogP contribution in [0, 0.1) is 23.6 Å². The summed E-state index contributed by atoms with van der Waals surface area (Å²) in [5.74, 6) is 2.41. The quantitative estimate of drug-likeness (QED) is 0.806. The second kappa shape index (κ2) is 6.62. The van der Waals surface area contributed by atoms with Gasteiger partial charge < -0.3 is 10.1 Å². The predicted octanol–water partition coefficient (Wildman–Crippen LogP) is 4.14. The average molecular weight is 372 g/mol. The van der Waals surface area contributed by atoms with Crippen molar-refractivity contribution in [3.63, 3.8) is 0 Å². The van der Waals surface area contributed by atoms with E-state index in [9.17, 15) is 18.0 Å². The fourth-order valence-corrected chi connectivity index (χ4v) is 3.24. The Hall–Kier alpha value is -3.01. The third-order valence-electron chi connectivity index (χ3n) is 4.64. The highest BCUT2D eigenvalue weighted by Gasteiger charge is 2.44. The van der Waals surface area contributed by atoms with E-state index in [2.05, 4.69) is 22.1 Å². The van der Waals surface area contributed by atoms with Gasteiger partial charge in [0.2, 0.25) is 0 Å². The Morgan fingerprint density at radius 1 is 1.15 bits per heavy atom. The summed E-state index contributed by atoms with van der Waals surface area (Å²) in [5.41, 5.74) is 1.88. The smallest absolute Gasteiger partial charge is 0.408 e. The molecular weight excluding hydrogens is 357 g/mol. The van der Waals surface area contributed by atoms with Crippen LogP contribution in [0.5, 0.6) is 0 Å². The van der Waals surface area contributed by atoms with Gasteiger partial charge in [-0.3, -0.25) is 4.98 Å². The van der Waals surface area contributed by atoms with E-state index in [-0.39, 0.29) is 24.6 Å². The molecule has 2 aromatic rings. The molecular formula is C20H15F3N2O2. The summed E-state index contributed by atoms with van der Waals surface area (Å²) in [6, 6.07) is 6.94. The van der Waals surface area contributed by atoms with Gasteiger partial charge in [-0.15, -0.1) is 0 Å². The lowest BCUT2D eigenvalue weighted by Crippen LogP contribution is -2.34. The molecule has 1 saturated carbocycles. The van der Waals surface area contributed by atoms with Crippen LogP contribution in [-0.2, 0) is 4.74 Å². The van der Waals surface area contributed by atoms with Crippen LogP contribution < -0.4 is 5.32 Å². The number of amides is 1. The average Bonchev–Trinajstić information content (AvgIpc) is 3.01. The molecule has 1 aromatic heterocycles. The first-order chi connectivity index (χ1) is 12.9. The van der Waals surface area contributed by atoms with Gasteiger partial charge in [0, 0.05) is 36.7 Å². The summed E-state index contributed by atoms with van der Waals surface area (Å²) in [5, 5.41) is 2.72. The molecule has 1 aliphatic carbocycles. The number of nitrogens with one attached hydrogen (secondary N) is 1. The molecule has 2 aliphatic rings. The van der Waals surface area contributed by atoms with E-state index in [1.165, 1.54) is 18.3 Å². The second-order valence-corrected chi connectivity index (χ2v) is 6.74. The van der Waals surface area contributed by atoms with Crippen LogP contribution in [-0.4, -0.2) is 17.0 Å². The minimum atomic E-state index is -2.60. The van der Waals surface area contributed by atoms with E-state index in [0.717, 1.165) is 0 Å². The van der Waals surface area contributed by atoms with Gasteiger partial charge in [0.15, 0.2) is 6.10 Å². The van der Waals surface area contributed by atoms with Gasteiger partial charge in [-0.25, -0.2) is 18.0 Å². The van der Waals surface area contributed by atoms with Crippen molar-refractivity contribution >= 4 is 6.09 Å². The van der Waals surface area contributed by atoms with Crippen molar-refractivity contribution in [3.8, 4) is 11.8 Å². The van der Waals surface area contributed by atoms with Crippen LogP contribution in [0.15, 0.2) is 42.7 Å². The number of pyridine rings is 1. The fraction of sp³-hybridized carbons (Fsp3) is 0.300. The number of nitrogens with zero attached hydrogens (tertiary/aromatic N) is 1. The molecule has 0 radical (unpaired) electrons. The summed E-state index contributed by atoms with van der Waals surface area (Å²) in [6.07, 6.45) is 1.48. The molecule has 4 nitrogen and oxygen atoms in total. The number of halogens is 3. The largest absolute Gasteiger partial charge is 0.439 e. The summed E-state index contributed by atoms with van der Waals surface area (Å²) >= 11 is 0. The molecule has 2 atom stereocenters. The lowest BCUT2D eigenvalue weighted by atomic mass is 9.82. The third kappa shape index (κ3) is 3.75. The van der Waals surface area contributed by atoms with Gasteiger partial charge in [-0.2, -0.15) is 0 Å². The molecule has 0 bridgehead atoms. The summed E-state index contributed by atoms with van der Waals surface area (Å²) in [7, 11) is 0. The molecule has 1 aliphatic heterocycles. The predicted molar refractivity (Wildman–Crippen MR) is 90.3 cm³/mol. The molecule has 2 fully saturated rings. The number of aromatic nitrogens is 1. The minimum Gasteiger partial charge on any atom is -0.439 e. The Labute approximate surface area is 153 Å². The number of carbonyl (C=O) groups is 1. The van der Waals surface area contributed by atoms with Crippen LogP contribution in [0.1, 0.15) is 41.7 Å². The van der Waals surface area contributed by atoms with Crippen LogP contribution >= 0.6 is 0 Å². The highest BCUT2D eigenvalue weighted by atomic mass is 19.3. The molecule has 2 heterocycles. The maximum Gasteiger partial charge on any atom is 0.408 e. The number of alkyl halides is 2. The Bertz CT molecular complexity index is 926. The number of hydrogen-bond acceptors (Lipinski definition) is 3. The molecule has 138 valence electrons. The van der Waals surface area contributed by atoms with Crippen molar-refractivity contribution in [2.45, 2.75) is 30.9 Å². The highest BCUT2D eigenvalue weighted by Crippen LogP contribution is 2.42. The van der Waals surface area contributed by atoms with Gasteiger partial charge >= 0.3 is 6.09 Å². The van der Waals surface area contributed by atoms with Gasteiger partial charge in [-0.1, -0.05) is 24.0 Å². The zero-order valence-electron chi connectivity index (χ0n) is 14.1. The van der Waals surface area contributed by atoms with Gasteiger partial charge in [0.05, 0.1) is 0 Å². The van der Waals surface area contributed by atoms with E-state index >= 15 is 0 Å². The highest BCUT2D eigenvalue weighted by molar-refractivity contribution is 5.71. The Balaban J connectivity index is 1.56. The molecule has 4 rings (SSSR count). The molecule has 1 N–H and O–H groups in total. The maximum absolute atomic E-state index is 13.2. The summed E-state index contributed by atoms with van der Waals surface area (Å²) in [4.78, 5) is 15.9. The number of carbonyl (C=O) groups excluding carboxylic acids is 1. The van der Waals surface area contributed by atoms with E-state index in [1.807, 2.05) is 0 Å². The lowest BCUT2D eigenvalue weighted by Gasteiger charge is -2.31. The zero-order valence-corrected chi connectivity index (χ0v) is 14.1. The fourth-order valence-electron chi connectivity index (χ4n) is 3.24. The molecule has 0 spiro atoms. The monoisotopic (exact) mass is 372 g/mol. The lowest BCUT2D eigenvalue weighted by molar-refractivity contribution is -0.0936. The van der Waals surface area contributed by atoms with Crippen LogP contribution in [0.3, 0.4) is 0 Å². The SMILES string of the molecule is O=C1NC(c2cncc(C#CC3CC(F)(F)C3)c2)C(c2ccc(F)cc2)O1. The minimum absolute atomic E-state index is 0.216. The van der Waals surface area contributed by atoms with E-state index in [1.54, 1.807) is 24.4 Å². The first kappa shape index (κ1) is 17.4. The second-order valence-electron chi connectivity index (χ2n) is 6.74. The first-order valence-corrected chi connectivity index (χ1v) is 8.47. The Morgan fingerprint density at radius 3 is 2.59 bits per heavy atom. The van der Waals surface area contributed by atoms with Gasteiger partial charge in [0.1, 0.15) is 11.9 Å². The van der Waals surface area contributed by atoms with Crippen molar-refractivity contribution < 1.29 is 22.7 Å². The van der Waals surface area contributed by atoms with Crippen LogP contribution in [0.4, 0.5) is 18.0 Å². The normalized spacial score (nSPS) is 23.6. The number of benzene rings is 1. The number of alkyl carbamates (subject to hydrolysis) is 1. The number of rotatable bonds is 2. The number of hydrogen-bond donors (Lipinski definition) is 1. The summed E-state index contributed by atoms with van der Waals surface area (Å²) < 4.78 is 44.3. The Morgan fingerprint density at radius 2 is 1.89 bits per heavy atom. The topological polar surface area (TPSA) is 51.2 Å². The van der Waals surface area contributed by atoms with Gasteiger partial charge in [0.25, 0.3) is 5.92 Å². The molecule has 27 heavy (non-hydrogen) atoms. The maximum atomic E-state index is 13.2. The molecule has 2 unspecified atom stereocenters. The third-order valence-corrected chi connectivity index (χ3v) is 4.64. The van der Waals surface area contributed by atoms with Crippen molar-refractivity contribution in [2.75, 3.05) is 0 Å². The van der Waals surface area contributed by atoms with Crippen molar-refractivity contribution in [1.82, 2.24) is 10.3 Å². The molecule has 1 saturated heterocycles. The first-order valence-electron chi connectivity index (χ1n) is 8.47. The number of ether oxygens (including phenoxy) is 1. The number of cyclic esters (lactones) is 1. The molecule has 1 amide bonds. The van der Waals surface area contributed by atoms with E-state index < -0.39 is 24.2 Å². The van der Waals surface area contributed by atoms with Gasteiger partial charge in [-0.05, 0) is 29.3 Å². The molecule has 7 heteroatoms. The van der Waals surface area contributed by atoms with E-state index in [4.69, 9.17) is 4.74 Å². The summed E-state index contributed by atoms with van der Waals surface area (Å²) in [6.45, 7) is 0. The Kier molecular flexibility index (Phi) is 4.27. The molecule has 1 aromatic carbocycles. The van der Waals surface area contributed by atoms with Crippen molar-refractivity contribution in [3.05, 3.63) is 65.2 Å². The van der Waals surface area contributed by atoms with Crippen molar-refractivity contribution in [2.24, 2.45) is 5.92 Å². The standard InChI is InChI=1S/C20H15F3N2O2/c21-16-5-3-14(4-6-16)18-17(25-19(26)27-18)15-7-12(10-24-11-15)1-2-13-8-20(22,23)9-13/h3-7,10-11,13,17-18H,8-9H2,(H,25,26). The van der Waals surface area contributed by atoms with E-state index in [0.29, 0.717) is 16.7 Å². The zero-order chi connectivity index (χ0) is 19.0. The van der Waals surface area contributed by atoms with Crippen LogP contribution in [0.2, 0.25) is 0 Å².